The Labute approximate surface area is 238 Å². The molecular weight excluding hydrogens is 514 g/mol. The Morgan fingerprint density at radius 3 is 2.41 bits per heavy atom. The standard InChI is InChI=1S/C32H33N7O2/c1-20-8-6-11-26(16-20)39-32(41)28(21(2)38(39)5)31(40)35-25-14-12-23(13-15-25)29-30(33)34-18-27(36-29)24-10-7-9-22(17-24)19-37(3)4/h6-18H,19H2,1-5H3,(H2,33,34)(H,35,40). The van der Waals surface area contributed by atoms with Gasteiger partial charge < -0.3 is 16.0 Å². The topological polar surface area (TPSA) is 111 Å². The molecule has 208 valence electrons. The number of amides is 1. The van der Waals surface area contributed by atoms with E-state index in [1.165, 1.54) is 10.2 Å². The lowest BCUT2D eigenvalue weighted by atomic mass is 10.1. The van der Waals surface area contributed by atoms with E-state index >= 15 is 0 Å². The van der Waals surface area contributed by atoms with Crippen LogP contribution in [-0.4, -0.2) is 44.2 Å². The predicted molar refractivity (Wildman–Crippen MR) is 163 cm³/mol. The van der Waals surface area contributed by atoms with Crippen LogP contribution in [0.5, 0.6) is 0 Å². The fourth-order valence-corrected chi connectivity index (χ4v) is 4.87. The van der Waals surface area contributed by atoms with Crippen LogP contribution in [0.25, 0.3) is 28.2 Å². The molecule has 2 heterocycles. The number of nitrogens with one attached hydrogen (secondary N) is 1. The molecule has 0 aliphatic rings. The molecule has 0 bridgehead atoms. The fraction of sp³-hybridized carbons (Fsp3) is 0.188. The first-order chi connectivity index (χ1) is 19.6. The van der Waals surface area contributed by atoms with E-state index in [9.17, 15) is 9.59 Å². The number of nitrogen functional groups attached to an aromatic ring is 1. The summed E-state index contributed by atoms with van der Waals surface area (Å²) in [5.41, 5.74) is 12.9. The molecule has 0 unspecified atom stereocenters. The first kappa shape index (κ1) is 27.5. The summed E-state index contributed by atoms with van der Waals surface area (Å²) in [6.07, 6.45) is 1.67. The molecule has 0 saturated heterocycles. The Balaban J connectivity index is 1.39. The van der Waals surface area contributed by atoms with E-state index in [2.05, 4.69) is 27.3 Å². The van der Waals surface area contributed by atoms with Gasteiger partial charge in [-0.3, -0.25) is 14.3 Å². The Morgan fingerprint density at radius 1 is 0.976 bits per heavy atom. The Kier molecular flexibility index (Phi) is 7.54. The predicted octanol–water partition coefficient (Wildman–Crippen LogP) is 4.81. The van der Waals surface area contributed by atoms with E-state index in [0.717, 1.165) is 28.9 Å². The van der Waals surface area contributed by atoms with Crippen LogP contribution in [0.3, 0.4) is 0 Å². The Bertz CT molecular complexity index is 1800. The zero-order valence-corrected chi connectivity index (χ0v) is 23.8. The zero-order valence-electron chi connectivity index (χ0n) is 23.8. The van der Waals surface area contributed by atoms with Gasteiger partial charge in [0.05, 0.1) is 23.3 Å². The number of hydrogen-bond donors (Lipinski definition) is 2. The third kappa shape index (κ3) is 5.66. The van der Waals surface area contributed by atoms with Gasteiger partial charge in [-0.05, 0) is 69.4 Å². The number of anilines is 2. The summed E-state index contributed by atoms with van der Waals surface area (Å²) in [6, 6.07) is 23.0. The number of nitrogens with zero attached hydrogens (tertiary/aromatic N) is 5. The van der Waals surface area contributed by atoms with Crippen molar-refractivity contribution in [1.82, 2.24) is 24.2 Å². The second kappa shape index (κ2) is 11.2. The van der Waals surface area contributed by atoms with Gasteiger partial charge in [0.15, 0.2) is 0 Å². The molecule has 9 heteroatoms. The van der Waals surface area contributed by atoms with Crippen molar-refractivity contribution in [2.45, 2.75) is 20.4 Å². The number of carbonyl (C=O) groups excluding carboxylic acids is 1. The van der Waals surface area contributed by atoms with E-state index in [0.29, 0.717) is 28.6 Å². The molecule has 0 fully saturated rings. The molecule has 5 rings (SSSR count). The molecule has 5 aromatic rings. The first-order valence-electron chi connectivity index (χ1n) is 13.3. The van der Waals surface area contributed by atoms with Crippen molar-refractivity contribution >= 4 is 17.4 Å². The van der Waals surface area contributed by atoms with E-state index in [4.69, 9.17) is 10.7 Å². The van der Waals surface area contributed by atoms with E-state index in [-0.39, 0.29) is 11.1 Å². The molecule has 9 nitrogen and oxygen atoms in total. The van der Waals surface area contributed by atoms with Gasteiger partial charge in [0.25, 0.3) is 11.5 Å². The average molecular weight is 548 g/mol. The van der Waals surface area contributed by atoms with Crippen molar-refractivity contribution in [2.24, 2.45) is 7.05 Å². The molecule has 1 amide bonds. The van der Waals surface area contributed by atoms with Gasteiger partial charge in [0, 0.05) is 30.4 Å². The quantitative estimate of drug-likeness (QED) is 0.302. The molecule has 0 saturated carbocycles. The molecule has 0 radical (unpaired) electrons. The van der Waals surface area contributed by atoms with Crippen molar-refractivity contribution in [3.63, 3.8) is 0 Å². The number of aryl methyl sites for hydroxylation is 1. The second-order valence-electron chi connectivity index (χ2n) is 10.4. The summed E-state index contributed by atoms with van der Waals surface area (Å²) in [6.45, 7) is 4.54. The van der Waals surface area contributed by atoms with E-state index in [1.54, 1.807) is 37.0 Å². The van der Waals surface area contributed by atoms with Gasteiger partial charge in [0.1, 0.15) is 17.1 Å². The lowest BCUT2D eigenvalue weighted by Crippen LogP contribution is -2.25. The van der Waals surface area contributed by atoms with Gasteiger partial charge in [0.2, 0.25) is 0 Å². The van der Waals surface area contributed by atoms with Crippen LogP contribution in [0.4, 0.5) is 11.5 Å². The maximum absolute atomic E-state index is 13.3. The number of hydrogen-bond acceptors (Lipinski definition) is 6. The fourth-order valence-electron chi connectivity index (χ4n) is 4.87. The minimum absolute atomic E-state index is 0.0948. The van der Waals surface area contributed by atoms with E-state index in [1.807, 2.05) is 69.6 Å². The summed E-state index contributed by atoms with van der Waals surface area (Å²) >= 11 is 0. The van der Waals surface area contributed by atoms with Crippen molar-refractivity contribution in [3.05, 3.63) is 112 Å². The molecule has 0 aliphatic heterocycles. The summed E-state index contributed by atoms with van der Waals surface area (Å²) in [4.78, 5) is 37.8. The van der Waals surface area contributed by atoms with Gasteiger partial charge in [-0.15, -0.1) is 0 Å². The average Bonchev–Trinajstić information content (AvgIpc) is 3.16. The van der Waals surface area contributed by atoms with Gasteiger partial charge >= 0.3 is 0 Å². The number of nitrogens with two attached hydrogens (primary N) is 1. The Hall–Kier alpha value is -5.02. The Morgan fingerprint density at radius 2 is 1.71 bits per heavy atom. The smallest absolute Gasteiger partial charge is 0.284 e. The number of rotatable bonds is 7. The largest absolute Gasteiger partial charge is 0.382 e. The maximum atomic E-state index is 13.3. The molecule has 41 heavy (non-hydrogen) atoms. The van der Waals surface area contributed by atoms with Crippen LogP contribution in [0.1, 0.15) is 27.2 Å². The van der Waals surface area contributed by atoms with E-state index < -0.39 is 5.91 Å². The van der Waals surface area contributed by atoms with Crippen molar-refractivity contribution in [3.8, 4) is 28.2 Å². The van der Waals surface area contributed by atoms with Crippen LogP contribution in [-0.2, 0) is 13.6 Å². The van der Waals surface area contributed by atoms with Crippen LogP contribution >= 0.6 is 0 Å². The van der Waals surface area contributed by atoms with Gasteiger partial charge in [-0.2, -0.15) is 0 Å². The highest BCUT2D eigenvalue weighted by Crippen LogP contribution is 2.28. The molecule has 2 aromatic heterocycles. The number of carbonyl (C=O) groups is 1. The number of aromatic nitrogens is 4. The highest BCUT2D eigenvalue weighted by atomic mass is 16.2. The third-order valence-electron chi connectivity index (χ3n) is 6.97. The first-order valence-corrected chi connectivity index (χ1v) is 13.3. The second-order valence-corrected chi connectivity index (χ2v) is 10.4. The van der Waals surface area contributed by atoms with Crippen LogP contribution in [0.2, 0.25) is 0 Å². The molecular formula is C32H33N7O2. The summed E-state index contributed by atoms with van der Waals surface area (Å²) in [7, 11) is 5.83. The highest BCUT2D eigenvalue weighted by molar-refractivity contribution is 6.05. The SMILES string of the molecule is Cc1cccc(-n2c(=O)c(C(=O)Nc3ccc(-c4nc(-c5cccc(CN(C)C)c5)cnc4N)cc3)c(C)n2C)c1. The lowest BCUT2D eigenvalue weighted by Gasteiger charge is -2.12. The van der Waals surface area contributed by atoms with Crippen LogP contribution < -0.4 is 16.6 Å². The van der Waals surface area contributed by atoms with Crippen molar-refractivity contribution < 1.29 is 4.79 Å². The normalized spacial score (nSPS) is 11.2. The summed E-state index contributed by atoms with van der Waals surface area (Å²) in [5.74, 6) is -0.159. The third-order valence-corrected chi connectivity index (χ3v) is 6.97. The molecule has 3 aromatic carbocycles. The van der Waals surface area contributed by atoms with Crippen molar-refractivity contribution in [2.75, 3.05) is 25.1 Å². The summed E-state index contributed by atoms with van der Waals surface area (Å²) < 4.78 is 3.20. The molecule has 3 N–H and O–H groups in total. The van der Waals surface area contributed by atoms with Crippen molar-refractivity contribution in [1.29, 1.82) is 0 Å². The van der Waals surface area contributed by atoms with Crippen LogP contribution in [0, 0.1) is 13.8 Å². The lowest BCUT2D eigenvalue weighted by molar-refractivity contribution is 0.102. The minimum Gasteiger partial charge on any atom is -0.382 e. The number of benzene rings is 3. The molecule has 0 atom stereocenters. The van der Waals surface area contributed by atoms with Gasteiger partial charge in [-0.25, -0.2) is 14.6 Å². The zero-order chi connectivity index (χ0) is 29.3. The highest BCUT2D eigenvalue weighted by Gasteiger charge is 2.22. The monoisotopic (exact) mass is 547 g/mol. The maximum Gasteiger partial charge on any atom is 0.284 e. The summed E-state index contributed by atoms with van der Waals surface area (Å²) in [5, 5.41) is 2.86. The minimum atomic E-state index is -0.471. The molecule has 0 aliphatic carbocycles. The van der Waals surface area contributed by atoms with Crippen LogP contribution in [0.15, 0.2) is 83.8 Å². The van der Waals surface area contributed by atoms with Gasteiger partial charge in [-0.1, -0.05) is 42.5 Å². The molecule has 0 spiro atoms.